The van der Waals surface area contributed by atoms with Crippen LogP contribution in [0.3, 0.4) is 0 Å². The fraction of sp³-hybridized carbons (Fsp3) is 0.560. The van der Waals surface area contributed by atoms with Gasteiger partial charge in [-0.05, 0) is 31.4 Å². The first-order chi connectivity index (χ1) is 16.4. The van der Waals surface area contributed by atoms with Crippen LogP contribution in [-0.4, -0.2) is 83.6 Å². The van der Waals surface area contributed by atoms with Crippen molar-refractivity contribution in [1.82, 2.24) is 4.90 Å². The summed E-state index contributed by atoms with van der Waals surface area (Å²) in [7, 11) is 1.42. The van der Waals surface area contributed by atoms with E-state index in [0.717, 1.165) is 42.9 Å². The molecule has 9 nitrogen and oxygen atoms in total. The molecule has 5 aliphatic rings. The number of aliphatic hydroxyl groups excluding tert-OH is 3. The lowest BCUT2D eigenvalue weighted by molar-refractivity contribution is -0.241. The van der Waals surface area contributed by atoms with Gasteiger partial charge in [0.15, 0.2) is 0 Å². The zero-order chi connectivity index (χ0) is 23.8. The van der Waals surface area contributed by atoms with Gasteiger partial charge in [0.05, 0.1) is 30.4 Å². The largest absolute Gasteiger partial charge is 0.466 e. The lowest BCUT2D eigenvalue weighted by Gasteiger charge is -2.48. The Hall–Kier alpha value is -2.43. The van der Waals surface area contributed by atoms with E-state index in [2.05, 4.69) is 22.4 Å². The number of nitrogens with zero attached hydrogens (tertiary/aromatic N) is 1. The Morgan fingerprint density at radius 3 is 2.88 bits per heavy atom. The van der Waals surface area contributed by atoms with Crippen molar-refractivity contribution < 1.29 is 34.3 Å². The van der Waals surface area contributed by atoms with Gasteiger partial charge < -0.3 is 34.8 Å². The second kappa shape index (κ2) is 7.79. The highest BCUT2D eigenvalue weighted by molar-refractivity contribution is 5.95. The molecule has 4 aliphatic heterocycles. The molecule has 1 aromatic rings. The first kappa shape index (κ1) is 22.1. The summed E-state index contributed by atoms with van der Waals surface area (Å²) in [5, 5.41) is 33.8. The first-order valence-electron chi connectivity index (χ1n) is 11.9. The van der Waals surface area contributed by atoms with Crippen LogP contribution in [0.1, 0.15) is 25.3 Å². The maximum absolute atomic E-state index is 13.1. The fourth-order valence-electron chi connectivity index (χ4n) is 6.76. The number of methoxy groups -OCH3 is 1. The van der Waals surface area contributed by atoms with Gasteiger partial charge in [-0.2, -0.15) is 0 Å². The summed E-state index contributed by atoms with van der Waals surface area (Å²) < 4.78 is 16.8. The van der Waals surface area contributed by atoms with Crippen LogP contribution in [-0.2, 0) is 19.7 Å². The minimum Gasteiger partial charge on any atom is -0.466 e. The molecule has 34 heavy (non-hydrogen) atoms. The zero-order valence-corrected chi connectivity index (χ0v) is 19.2. The summed E-state index contributed by atoms with van der Waals surface area (Å²) in [6, 6.07) is 6.01. The molecule has 1 aliphatic carbocycles. The van der Waals surface area contributed by atoms with Crippen molar-refractivity contribution in [2.45, 2.75) is 55.8 Å². The Balaban J connectivity index is 1.46. The number of nitrogens with one attached hydrogen (secondary N) is 1. The van der Waals surface area contributed by atoms with Crippen LogP contribution in [0.4, 0.5) is 5.69 Å². The average molecular weight is 471 g/mol. The van der Waals surface area contributed by atoms with Crippen LogP contribution in [0.25, 0.3) is 0 Å². The number of ether oxygens (including phenoxy) is 3. The van der Waals surface area contributed by atoms with Crippen molar-refractivity contribution in [3.8, 4) is 5.75 Å². The van der Waals surface area contributed by atoms with E-state index in [1.807, 2.05) is 13.0 Å². The number of benzene rings is 1. The minimum atomic E-state index is -1.40. The van der Waals surface area contributed by atoms with Gasteiger partial charge in [0.2, 0.25) is 6.29 Å². The Morgan fingerprint density at radius 2 is 2.12 bits per heavy atom. The molecule has 9 heteroatoms. The van der Waals surface area contributed by atoms with Crippen LogP contribution in [0.5, 0.6) is 5.75 Å². The smallest absolute Gasteiger partial charge is 0.336 e. The summed E-state index contributed by atoms with van der Waals surface area (Å²) >= 11 is 0. The van der Waals surface area contributed by atoms with Gasteiger partial charge >= 0.3 is 5.97 Å². The first-order valence-corrected chi connectivity index (χ1v) is 11.9. The van der Waals surface area contributed by atoms with Crippen molar-refractivity contribution >= 4 is 11.7 Å². The number of carbonyl (C=O) groups excluding carboxylic acids is 1. The average Bonchev–Trinajstić information content (AvgIpc) is 3.41. The second-order valence-electron chi connectivity index (χ2n) is 9.81. The molecule has 6 rings (SSSR count). The van der Waals surface area contributed by atoms with Gasteiger partial charge in [0.1, 0.15) is 24.1 Å². The highest BCUT2D eigenvalue weighted by Crippen LogP contribution is 2.62. The maximum atomic E-state index is 13.1. The van der Waals surface area contributed by atoms with E-state index in [0.29, 0.717) is 11.3 Å². The Labute approximate surface area is 197 Å². The number of carbonyl (C=O) groups is 1. The molecular weight excluding hydrogens is 440 g/mol. The Kier molecular flexibility index (Phi) is 5.06. The van der Waals surface area contributed by atoms with E-state index in [9.17, 15) is 20.1 Å². The quantitative estimate of drug-likeness (QED) is 0.373. The van der Waals surface area contributed by atoms with E-state index in [1.54, 1.807) is 6.07 Å². The SMILES string of the molecule is CC=C1CN2CCC34C(=C(C(=O)OC)C1CC23)Nc1c(OC2OCC(O)C(O)C2O)cccc14. The maximum Gasteiger partial charge on any atom is 0.336 e. The van der Waals surface area contributed by atoms with E-state index in [1.165, 1.54) is 12.7 Å². The number of rotatable bonds is 3. The molecular formula is C25H30N2O7. The van der Waals surface area contributed by atoms with E-state index < -0.39 is 24.6 Å². The standard InChI is InChI=1S/C25H30N2O7/c1-3-12-10-27-8-7-25-14-5-4-6-16(34-24-21(30)20(29)15(28)11-33-24)19(14)26-22(25)18(23(31)32-2)13(12)9-17(25)27/h3-6,13,15,17,20-21,24,26,28-30H,7-11H2,1-2H3. The monoisotopic (exact) mass is 470 g/mol. The lowest BCUT2D eigenvalue weighted by atomic mass is 9.62. The number of esters is 1. The van der Waals surface area contributed by atoms with Gasteiger partial charge in [-0.1, -0.05) is 23.8 Å². The summed E-state index contributed by atoms with van der Waals surface area (Å²) in [5.41, 5.74) is 4.24. The molecule has 0 amide bonds. The molecule has 0 aromatic heterocycles. The van der Waals surface area contributed by atoms with Crippen LogP contribution in [0.2, 0.25) is 0 Å². The van der Waals surface area contributed by atoms with E-state index in [4.69, 9.17) is 14.2 Å². The Morgan fingerprint density at radius 1 is 1.29 bits per heavy atom. The number of anilines is 1. The van der Waals surface area contributed by atoms with Gasteiger partial charge in [0.25, 0.3) is 0 Å². The Bertz CT molecular complexity index is 1100. The molecule has 182 valence electrons. The number of para-hydroxylation sites is 1. The highest BCUT2D eigenvalue weighted by Gasteiger charge is 2.62. The summed E-state index contributed by atoms with van der Waals surface area (Å²) in [5.74, 6) is 0.152. The van der Waals surface area contributed by atoms with Crippen LogP contribution >= 0.6 is 0 Å². The molecule has 2 bridgehead atoms. The number of hydrogen-bond acceptors (Lipinski definition) is 9. The summed E-state index contributed by atoms with van der Waals surface area (Å²) in [6.07, 6.45) is -1.22. The molecule has 7 atom stereocenters. The third kappa shape index (κ3) is 2.82. The molecule has 4 N–H and O–H groups in total. The van der Waals surface area contributed by atoms with Crippen molar-refractivity contribution in [2.24, 2.45) is 5.92 Å². The van der Waals surface area contributed by atoms with Crippen molar-refractivity contribution in [3.05, 3.63) is 46.7 Å². The third-order valence-electron chi connectivity index (χ3n) is 8.39. The van der Waals surface area contributed by atoms with E-state index in [-0.39, 0.29) is 30.0 Å². The fourth-order valence-corrected chi connectivity index (χ4v) is 6.76. The molecule has 1 aromatic carbocycles. The van der Waals surface area contributed by atoms with Crippen LogP contribution in [0.15, 0.2) is 41.1 Å². The van der Waals surface area contributed by atoms with Gasteiger partial charge in [-0.25, -0.2) is 4.79 Å². The van der Waals surface area contributed by atoms with Crippen molar-refractivity contribution in [1.29, 1.82) is 0 Å². The molecule has 0 saturated carbocycles. The van der Waals surface area contributed by atoms with Gasteiger partial charge in [-0.3, -0.25) is 4.90 Å². The van der Waals surface area contributed by atoms with Gasteiger partial charge in [-0.15, -0.1) is 0 Å². The van der Waals surface area contributed by atoms with Crippen molar-refractivity contribution in [3.63, 3.8) is 0 Å². The second-order valence-corrected chi connectivity index (χ2v) is 9.81. The molecule has 4 heterocycles. The number of fused-ring (bicyclic) bond motifs is 2. The van der Waals surface area contributed by atoms with Gasteiger partial charge in [0, 0.05) is 30.7 Å². The number of aliphatic hydroxyl groups is 3. The number of piperidine rings is 1. The zero-order valence-electron chi connectivity index (χ0n) is 19.2. The molecule has 3 saturated heterocycles. The minimum absolute atomic E-state index is 0.00578. The predicted molar refractivity (Wildman–Crippen MR) is 121 cm³/mol. The lowest BCUT2D eigenvalue weighted by Crippen LogP contribution is -2.54. The molecule has 3 fully saturated rings. The number of hydrogen-bond donors (Lipinski definition) is 4. The van der Waals surface area contributed by atoms with E-state index >= 15 is 0 Å². The molecule has 0 radical (unpaired) electrons. The topological polar surface area (TPSA) is 121 Å². The van der Waals surface area contributed by atoms with Crippen LogP contribution < -0.4 is 10.1 Å². The van der Waals surface area contributed by atoms with Crippen molar-refractivity contribution in [2.75, 3.05) is 32.1 Å². The third-order valence-corrected chi connectivity index (χ3v) is 8.39. The molecule has 1 spiro atoms. The summed E-state index contributed by atoms with van der Waals surface area (Å²) in [4.78, 5) is 15.6. The normalized spacial score (nSPS) is 39.5. The van der Waals surface area contributed by atoms with Crippen LogP contribution in [0, 0.1) is 5.92 Å². The molecule has 7 unspecified atom stereocenters. The highest BCUT2D eigenvalue weighted by atomic mass is 16.7. The predicted octanol–water partition coefficient (Wildman–Crippen LogP) is 0.649. The summed E-state index contributed by atoms with van der Waals surface area (Å²) in [6.45, 7) is 3.65. The number of allylic oxidation sites excluding steroid dienone is 1.